The van der Waals surface area contributed by atoms with Gasteiger partial charge in [-0.2, -0.15) is 15.0 Å². The zero-order valence-electron chi connectivity index (χ0n) is 17.2. The van der Waals surface area contributed by atoms with E-state index >= 15 is 0 Å². The highest BCUT2D eigenvalue weighted by molar-refractivity contribution is 5.78. The summed E-state index contributed by atoms with van der Waals surface area (Å²) in [6, 6.07) is 10.0. The molecule has 1 N–H and O–H groups in total. The van der Waals surface area contributed by atoms with E-state index in [1.807, 2.05) is 49.3 Å². The van der Waals surface area contributed by atoms with Gasteiger partial charge in [-0.05, 0) is 18.4 Å². The topological polar surface area (TPSA) is 74.2 Å². The van der Waals surface area contributed by atoms with E-state index in [1.165, 1.54) is 0 Å². The minimum atomic E-state index is 0.0414. The van der Waals surface area contributed by atoms with Crippen LogP contribution in [0, 0.1) is 5.92 Å². The Labute approximate surface area is 167 Å². The van der Waals surface area contributed by atoms with Gasteiger partial charge in [0.25, 0.3) is 0 Å². The Kier molecular flexibility index (Phi) is 6.44. The zero-order chi connectivity index (χ0) is 20.1. The second kappa shape index (κ2) is 8.99. The number of benzene rings is 1. The van der Waals surface area contributed by atoms with Crippen molar-refractivity contribution in [2.75, 3.05) is 37.0 Å². The van der Waals surface area contributed by atoms with E-state index in [-0.39, 0.29) is 17.7 Å². The fourth-order valence-electron chi connectivity index (χ4n) is 3.24. The number of hydrogen-bond donors (Lipinski definition) is 1. The van der Waals surface area contributed by atoms with Crippen molar-refractivity contribution in [3.8, 4) is 0 Å². The minimum absolute atomic E-state index is 0.0414. The van der Waals surface area contributed by atoms with Crippen LogP contribution in [0.2, 0.25) is 0 Å². The lowest BCUT2D eigenvalue weighted by molar-refractivity contribution is -0.125. The molecule has 1 saturated heterocycles. The van der Waals surface area contributed by atoms with E-state index in [9.17, 15) is 4.79 Å². The maximum absolute atomic E-state index is 12.5. The molecule has 1 aliphatic rings. The quantitative estimate of drug-likeness (QED) is 0.828. The molecule has 0 bridgehead atoms. The first-order valence-corrected chi connectivity index (χ1v) is 9.94. The van der Waals surface area contributed by atoms with E-state index in [0.717, 1.165) is 37.3 Å². The number of aromatic nitrogens is 3. The molecule has 0 atom stereocenters. The van der Waals surface area contributed by atoms with E-state index in [1.54, 1.807) is 0 Å². The van der Waals surface area contributed by atoms with Gasteiger partial charge in [-0.1, -0.05) is 44.2 Å². The Morgan fingerprint density at radius 2 is 1.82 bits per heavy atom. The zero-order valence-corrected chi connectivity index (χ0v) is 17.2. The molecule has 1 aliphatic heterocycles. The molecular formula is C21H30N6O. The first-order valence-electron chi connectivity index (χ1n) is 9.94. The molecule has 2 aromatic rings. The van der Waals surface area contributed by atoms with Gasteiger partial charge in [-0.15, -0.1) is 0 Å². The van der Waals surface area contributed by atoms with Gasteiger partial charge in [-0.3, -0.25) is 4.79 Å². The summed E-state index contributed by atoms with van der Waals surface area (Å²) in [6.07, 6.45) is 1.61. The molecule has 150 valence electrons. The molecule has 0 radical (unpaired) electrons. The first-order chi connectivity index (χ1) is 13.4. The summed E-state index contributed by atoms with van der Waals surface area (Å²) < 4.78 is 0. The van der Waals surface area contributed by atoms with Crippen LogP contribution >= 0.6 is 0 Å². The number of carbonyl (C=O) groups excluding carboxylic acids is 1. The molecule has 0 saturated carbocycles. The molecule has 1 amide bonds. The summed E-state index contributed by atoms with van der Waals surface area (Å²) in [5.41, 5.74) is 1.12. The lowest BCUT2D eigenvalue weighted by Gasteiger charge is -2.32. The molecule has 1 fully saturated rings. The Bertz CT molecular complexity index is 758. The molecule has 7 heteroatoms. The van der Waals surface area contributed by atoms with Gasteiger partial charge in [0.2, 0.25) is 17.8 Å². The van der Waals surface area contributed by atoms with Crippen LogP contribution in [0.3, 0.4) is 0 Å². The molecule has 28 heavy (non-hydrogen) atoms. The standard InChI is InChI=1S/C21H30N6O/c1-15(2)18-23-20(26(3)4)25-21(24-18)27-12-10-17(11-13-27)19(28)22-14-16-8-6-5-7-9-16/h5-9,15,17H,10-14H2,1-4H3,(H,22,28). The summed E-state index contributed by atoms with van der Waals surface area (Å²) >= 11 is 0. The van der Waals surface area contributed by atoms with Gasteiger partial charge < -0.3 is 15.1 Å². The largest absolute Gasteiger partial charge is 0.352 e. The highest BCUT2D eigenvalue weighted by Crippen LogP contribution is 2.23. The Morgan fingerprint density at radius 3 is 2.43 bits per heavy atom. The summed E-state index contributed by atoms with van der Waals surface area (Å²) in [7, 11) is 3.87. The third-order valence-electron chi connectivity index (χ3n) is 5.00. The molecule has 2 heterocycles. The maximum atomic E-state index is 12.5. The van der Waals surface area contributed by atoms with Gasteiger partial charge in [0.1, 0.15) is 5.82 Å². The van der Waals surface area contributed by atoms with E-state index < -0.39 is 0 Å². The second-order valence-corrected chi connectivity index (χ2v) is 7.81. The SMILES string of the molecule is CC(C)c1nc(N(C)C)nc(N2CCC(C(=O)NCc3ccccc3)CC2)n1. The molecule has 0 unspecified atom stereocenters. The van der Waals surface area contributed by atoms with Crippen molar-refractivity contribution in [3.63, 3.8) is 0 Å². The van der Waals surface area contributed by atoms with Crippen LogP contribution in [0.1, 0.15) is 44.0 Å². The Balaban J connectivity index is 1.59. The monoisotopic (exact) mass is 382 g/mol. The number of anilines is 2. The summed E-state index contributed by atoms with van der Waals surface area (Å²) in [6.45, 7) is 6.30. The average Bonchev–Trinajstić information content (AvgIpc) is 2.72. The van der Waals surface area contributed by atoms with Gasteiger partial charge in [0.15, 0.2) is 0 Å². The van der Waals surface area contributed by atoms with Gasteiger partial charge >= 0.3 is 0 Å². The summed E-state index contributed by atoms with van der Waals surface area (Å²) in [4.78, 5) is 30.4. The molecule has 7 nitrogen and oxygen atoms in total. The van der Waals surface area contributed by atoms with Crippen LogP contribution < -0.4 is 15.1 Å². The van der Waals surface area contributed by atoms with Crippen molar-refractivity contribution in [1.82, 2.24) is 20.3 Å². The lowest BCUT2D eigenvalue weighted by atomic mass is 9.96. The summed E-state index contributed by atoms with van der Waals surface area (Å²) in [5.74, 6) is 2.61. The van der Waals surface area contributed by atoms with Crippen molar-refractivity contribution in [3.05, 3.63) is 41.7 Å². The van der Waals surface area contributed by atoms with Gasteiger partial charge in [0.05, 0.1) is 0 Å². The number of hydrogen-bond acceptors (Lipinski definition) is 6. The second-order valence-electron chi connectivity index (χ2n) is 7.81. The first kappa shape index (κ1) is 20.0. The van der Waals surface area contributed by atoms with Crippen LogP contribution in [-0.4, -0.2) is 48.0 Å². The number of piperidine rings is 1. The smallest absolute Gasteiger partial charge is 0.230 e. The van der Waals surface area contributed by atoms with Crippen molar-refractivity contribution < 1.29 is 4.79 Å². The molecule has 1 aromatic heterocycles. The van der Waals surface area contributed by atoms with Crippen LogP contribution in [0.25, 0.3) is 0 Å². The number of nitrogens with zero attached hydrogens (tertiary/aromatic N) is 5. The third-order valence-corrected chi connectivity index (χ3v) is 5.00. The number of rotatable bonds is 6. The number of nitrogens with one attached hydrogen (secondary N) is 1. The molecule has 0 spiro atoms. The van der Waals surface area contributed by atoms with Crippen LogP contribution in [0.4, 0.5) is 11.9 Å². The van der Waals surface area contributed by atoms with Crippen molar-refractivity contribution in [1.29, 1.82) is 0 Å². The minimum Gasteiger partial charge on any atom is -0.352 e. The molecular weight excluding hydrogens is 352 g/mol. The fourth-order valence-corrected chi connectivity index (χ4v) is 3.24. The van der Waals surface area contributed by atoms with E-state index in [4.69, 9.17) is 0 Å². The van der Waals surface area contributed by atoms with Crippen LogP contribution in [0.15, 0.2) is 30.3 Å². The maximum Gasteiger partial charge on any atom is 0.230 e. The van der Waals surface area contributed by atoms with E-state index in [0.29, 0.717) is 18.4 Å². The highest BCUT2D eigenvalue weighted by atomic mass is 16.1. The Hall–Kier alpha value is -2.70. The Morgan fingerprint density at radius 1 is 1.14 bits per heavy atom. The lowest BCUT2D eigenvalue weighted by Crippen LogP contribution is -2.41. The van der Waals surface area contributed by atoms with Gasteiger partial charge in [-0.25, -0.2) is 0 Å². The molecule has 3 rings (SSSR count). The molecule has 0 aliphatic carbocycles. The molecule has 1 aromatic carbocycles. The number of amides is 1. The highest BCUT2D eigenvalue weighted by Gasteiger charge is 2.27. The van der Waals surface area contributed by atoms with Gasteiger partial charge in [0, 0.05) is 45.6 Å². The average molecular weight is 383 g/mol. The number of carbonyl (C=O) groups is 1. The normalized spacial score (nSPS) is 15.0. The van der Waals surface area contributed by atoms with Crippen molar-refractivity contribution in [2.45, 2.75) is 39.2 Å². The predicted molar refractivity (Wildman–Crippen MR) is 111 cm³/mol. The van der Waals surface area contributed by atoms with Crippen LogP contribution in [0.5, 0.6) is 0 Å². The van der Waals surface area contributed by atoms with Crippen LogP contribution in [-0.2, 0) is 11.3 Å². The summed E-state index contributed by atoms with van der Waals surface area (Å²) in [5, 5.41) is 3.07. The predicted octanol–water partition coefficient (Wildman–Crippen LogP) is 2.59. The van der Waals surface area contributed by atoms with Crippen molar-refractivity contribution >= 4 is 17.8 Å². The fraction of sp³-hybridized carbons (Fsp3) is 0.524. The van der Waals surface area contributed by atoms with Crippen molar-refractivity contribution in [2.24, 2.45) is 5.92 Å². The van der Waals surface area contributed by atoms with E-state index in [2.05, 4.69) is 39.0 Å². The third kappa shape index (κ3) is 4.97.